The van der Waals surface area contributed by atoms with Crippen molar-refractivity contribution in [1.82, 2.24) is 5.32 Å². The number of hydrogen-bond donors (Lipinski definition) is 2. The van der Waals surface area contributed by atoms with Gasteiger partial charge in [-0.2, -0.15) is 0 Å². The summed E-state index contributed by atoms with van der Waals surface area (Å²) in [7, 11) is 0. The first-order valence-corrected chi connectivity index (χ1v) is 2.55. The van der Waals surface area contributed by atoms with Gasteiger partial charge in [-0.1, -0.05) is 0 Å². The maximum Gasteiger partial charge on any atom is 0.122 e. The first kappa shape index (κ1) is 5.15. The zero-order chi connectivity index (χ0) is 5.98. The summed E-state index contributed by atoms with van der Waals surface area (Å²) in [6.45, 7) is 1.94. The smallest absolute Gasteiger partial charge is 0.122 e. The molecule has 44 valence electrons. The molecule has 3 N–H and O–H groups in total. The van der Waals surface area contributed by atoms with Crippen LogP contribution in [-0.2, 0) is 0 Å². The van der Waals surface area contributed by atoms with Gasteiger partial charge in [0.05, 0.1) is 0 Å². The second kappa shape index (κ2) is 1.86. The van der Waals surface area contributed by atoms with E-state index in [4.69, 9.17) is 5.73 Å². The molecule has 0 aromatic heterocycles. The predicted octanol–water partition coefficient (Wildman–Crippen LogP) is -0.193. The van der Waals surface area contributed by atoms with E-state index in [2.05, 4.69) is 10.3 Å². The summed E-state index contributed by atoms with van der Waals surface area (Å²) in [4.78, 5) is 3.98. The lowest BCUT2D eigenvalue weighted by atomic mass is 10.4. The molecule has 0 saturated carbocycles. The topological polar surface area (TPSA) is 50.4 Å². The zero-order valence-corrected chi connectivity index (χ0v) is 4.76. The fourth-order valence-corrected chi connectivity index (χ4v) is 0.577. The van der Waals surface area contributed by atoms with E-state index in [0.29, 0.717) is 5.84 Å². The fourth-order valence-electron chi connectivity index (χ4n) is 0.577. The Kier molecular flexibility index (Phi) is 1.20. The van der Waals surface area contributed by atoms with Gasteiger partial charge < -0.3 is 11.1 Å². The van der Waals surface area contributed by atoms with E-state index in [1.165, 1.54) is 0 Å². The van der Waals surface area contributed by atoms with Gasteiger partial charge in [0.25, 0.3) is 0 Å². The van der Waals surface area contributed by atoms with E-state index in [0.717, 1.165) is 0 Å². The normalized spacial score (nSPS) is 26.6. The van der Waals surface area contributed by atoms with Crippen molar-refractivity contribution in [2.75, 3.05) is 0 Å². The highest BCUT2D eigenvalue weighted by atomic mass is 15.1. The third-order valence-corrected chi connectivity index (χ3v) is 0.934. The van der Waals surface area contributed by atoms with Gasteiger partial charge in [-0.05, 0) is 13.0 Å². The van der Waals surface area contributed by atoms with Gasteiger partial charge in [0, 0.05) is 6.20 Å². The van der Waals surface area contributed by atoms with Gasteiger partial charge in [-0.25, -0.2) is 4.99 Å². The third-order valence-electron chi connectivity index (χ3n) is 0.934. The van der Waals surface area contributed by atoms with Crippen LogP contribution in [0.3, 0.4) is 0 Å². The second-order valence-electron chi connectivity index (χ2n) is 1.73. The second-order valence-corrected chi connectivity index (χ2v) is 1.73. The van der Waals surface area contributed by atoms with Gasteiger partial charge in [0.2, 0.25) is 0 Å². The van der Waals surface area contributed by atoms with Crippen LogP contribution in [-0.4, -0.2) is 12.0 Å². The number of amidine groups is 1. The van der Waals surface area contributed by atoms with Crippen molar-refractivity contribution < 1.29 is 0 Å². The highest BCUT2D eigenvalue weighted by Gasteiger charge is 1.97. The Bertz CT molecular complexity index is 137. The van der Waals surface area contributed by atoms with Crippen LogP contribution in [0.25, 0.3) is 0 Å². The highest BCUT2D eigenvalue weighted by molar-refractivity contribution is 5.91. The summed E-state index contributed by atoms with van der Waals surface area (Å²) in [6.07, 6.45) is 3.67. The molecule has 0 spiro atoms. The minimum Gasteiger partial charge on any atom is -0.384 e. The van der Waals surface area contributed by atoms with Crippen LogP contribution in [0.1, 0.15) is 6.92 Å². The Labute approximate surface area is 48.3 Å². The first-order valence-electron chi connectivity index (χ1n) is 2.55. The van der Waals surface area contributed by atoms with Crippen LogP contribution in [0, 0.1) is 0 Å². The quantitative estimate of drug-likeness (QED) is 0.455. The number of hydrogen-bond acceptors (Lipinski definition) is 3. The number of aliphatic imine (C=N–C) groups is 1. The van der Waals surface area contributed by atoms with Crippen molar-refractivity contribution in [3.8, 4) is 0 Å². The molecule has 0 aromatic carbocycles. The third kappa shape index (κ3) is 0.992. The molecule has 0 aliphatic carbocycles. The van der Waals surface area contributed by atoms with E-state index in [1.54, 1.807) is 12.3 Å². The van der Waals surface area contributed by atoms with E-state index in [-0.39, 0.29) is 6.17 Å². The van der Waals surface area contributed by atoms with Gasteiger partial charge >= 0.3 is 0 Å². The van der Waals surface area contributed by atoms with Gasteiger partial charge in [0.15, 0.2) is 0 Å². The molecule has 1 rings (SSSR count). The molecule has 0 radical (unpaired) electrons. The molecule has 0 amide bonds. The summed E-state index contributed by atoms with van der Waals surface area (Å²) in [6, 6.07) is 0. The first-order chi connectivity index (χ1) is 3.79. The molecule has 1 aliphatic rings. The Morgan fingerprint density at radius 2 is 2.62 bits per heavy atom. The Morgan fingerprint density at radius 1 is 1.88 bits per heavy atom. The molecule has 3 heteroatoms. The van der Waals surface area contributed by atoms with Crippen molar-refractivity contribution >= 4 is 5.84 Å². The summed E-state index contributed by atoms with van der Waals surface area (Å²) in [5, 5.41) is 2.96. The fraction of sp³-hybridized carbons (Fsp3) is 0.400. The number of nitrogens with one attached hydrogen (secondary N) is 1. The Balaban J connectivity index is 2.63. The lowest BCUT2D eigenvalue weighted by Gasteiger charge is -2.10. The number of nitrogens with two attached hydrogens (primary N) is 1. The van der Waals surface area contributed by atoms with Crippen molar-refractivity contribution in [1.29, 1.82) is 0 Å². The molecular formula is C5H9N3. The van der Waals surface area contributed by atoms with Crippen molar-refractivity contribution in [3.63, 3.8) is 0 Å². The monoisotopic (exact) mass is 111 g/mol. The zero-order valence-electron chi connectivity index (χ0n) is 4.76. The van der Waals surface area contributed by atoms with Gasteiger partial charge in [-0.3, -0.25) is 0 Å². The van der Waals surface area contributed by atoms with Crippen LogP contribution in [0.4, 0.5) is 0 Å². The number of rotatable bonds is 0. The van der Waals surface area contributed by atoms with Crippen LogP contribution >= 0.6 is 0 Å². The largest absolute Gasteiger partial charge is 0.384 e. The maximum atomic E-state index is 5.35. The standard InChI is InChI=1S/C5H9N3/c1-4-7-3-2-5(6)8-4/h2-4,7H,1H3,(H2,6,8). The van der Waals surface area contributed by atoms with Crippen LogP contribution < -0.4 is 11.1 Å². The summed E-state index contributed by atoms with van der Waals surface area (Å²) in [5.74, 6) is 0.594. The predicted molar refractivity (Wildman–Crippen MR) is 33.4 cm³/mol. The number of nitrogens with zero attached hydrogens (tertiary/aromatic N) is 1. The van der Waals surface area contributed by atoms with E-state index >= 15 is 0 Å². The SMILES string of the molecule is CC1N=C(N)C=CN1. The summed E-state index contributed by atoms with van der Waals surface area (Å²) < 4.78 is 0. The molecule has 0 aromatic rings. The minimum atomic E-state index is 0.139. The molecule has 1 aliphatic heterocycles. The van der Waals surface area contributed by atoms with Gasteiger partial charge in [-0.15, -0.1) is 0 Å². The molecule has 1 atom stereocenters. The Hall–Kier alpha value is -0.990. The van der Waals surface area contributed by atoms with E-state index < -0.39 is 0 Å². The molecule has 0 bridgehead atoms. The Morgan fingerprint density at radius 3 is 3.00 bits per heavy atom. The van der Waals surface area contributed by atoms with E-state index in [9.17, 15) is 0 Å². The average molecular weight is 111 g/mol. The maximum absolute atomic E-state index is 5.35. The molecule has 3 nitrogen and oxygen atoms in total. The van der Waals surface area contributed by atoms with Crippen molar-refractivity contribution in [2.24, 2.45) is 10.7 Å². The lowest BCUT2D eigenvalue weighted by Crippen LogP contribution is -2.26. The molecular weight excluding hydrogens is 102 g/mol. The molecule has 1 unspecified atom stereocenters. The summed E-state index contributed by atoms with van der Waals surface area (Å²) in [5.41, 5.74) is 5.35. The van der Waals surface area contributed by atoms with Crippen LogP contribution in [0.15, 0.2) is 17.3 Å². The highest BCUT2D eigenvalue weighted by Crippen LogP contribution is 1.89. The molecule has 0 fully saturated rings. The summed E-state index contributed by atoms with van der Waals surface area (Å²) >= 11 is 0. The molecule has 8 heavy (non-hydrogen) atoms. The van der Waals surface area contributed by atoms with E-state index in [1.807, 2.05) is 6.92 Å². The van der Waals surface area contributed by atoms with Crippen molar-refractivity contribution in [3.05, 3.63) is 12.3 Å². The lowest BCUT2D eigenvalue weighted by molar-refractivity contribution is 0.665. The average Bonchev–Trinajstić information content (AvgIpc) is 1.64. The van der Waals surface area contributed by atoms with Crippen molar-refractivity contribution in [2.45, 2.75) is 13.1 Å². The molecule has 1 heterocycles. The van der Waals surface area contributed by atoms with Crippen LogP contribution in [0.2, 0.25) is 0 Å². The molecule has 0 saturated heterocycles. The van der Waals surface area contributed by atoms with Crippen LogP contribution in [0.5, 0.6) is 0 Å². The van der Waals surface area contributed by atoms with Gasteiger partial charge in [0.1, 0.15) is 12.0 Å². The minimum absolute atomic E-state index is 0.139.